The zero-order valence-corrected chi connectivity index (χ0v) is 15.7. The fourth-order valence-corrected chi connectivity index (χ4v) is 4.64. The summed E-state index contributed by atoms with van der Waals surface area (Å²) in [6.07, 6.45) is 4.09. The van der Waals surface area contributed by atoms with Crippen LogP contribution in [0.4, 0.5) is 0 Å². The van der Waals surface area contributed by atoms with Crippen molar-refractivity contribution < 1.29 is 5.11 Å². The number of hydrogen-bond acceptors (Lipinski definition) is 5. The third-order valence-corrected chi connectivity index (χ3v) is 6.61. The molecule has 1 aliphatic rings. The number of fused-ring (bicyclic) bond motifs is 1. The van der Waals surface area contributed by atoms with Crippen LogP contribution in [-0.4, -0.2) is 39.7 Å². The molecule has 0 radical (unpaired) electrons. The Morgan fingerprint density at radius 2 is 2.08 bits per heavy atom. The van der Waals surface area contributed by atoms with Crippen molar-refractivity contribution in [2.75, 3.05) is 13.6 Å². The first-order chi connectivity index (χ1) is 11.4. The zero-order chi connectivity index (χ0) is 17.4. The molecule has 0 amide bonds. The molecule has 0 bridgehead atoms. The standard InChI is InChI=1S/C18H27N3O2S/c1-10-12(3)24-18-15(10)17(23)19-16(20-18)11(2)21(4)9-13-7-5-6-8-14(13)22/h11,13-14,22H,5-9H2,1-4H3,(H,19,20,23). The third-order valence-electron chi connectivity index (χ3n) is 5.51. The maximum atomic E-state index is 12.5. The number of aliphatic hydroxyl groups excluding tert-OH is 1. The van der Waals surface area contributed by atoms with E-state index in [9.17, 15) is 9.90 Å². The van der Waals surface area contributed by atoms with E-state index in [1.54, 1.807) is 11.3 Å². The first-order valence-electron chi connectivity index (χ1n) is 8.76. The van der Waals surface area contributed by atoms with Crippen molar-refractivity contribution in [3.63, 3.8) is 0 Å². The third kappa shape index (κ3) is 3.27. The molecule has 0 aliphatic heterocycles. The van der Waals surface area contributed by atoms with Gasteiger partial charge in [-0.25, -0.2) is 4.98 Å². The van der Waals surface area contributed by atoms with Crippen LogP contribution in [0.1, 0.15) is 54.9 Å². The molecule has 2 heterocycles. The molecule has 2 N–H and O–H groups in total. The summed E-state index contributed by atoms with van der Waals surface area (Å²) in [5.74, 6) is 1.02. The summed E-state index contributed by atoms with van der Waals surface area (Å²) in [6, 6.07) is 0.0129. The monoisotopic (exact) mass is 349 g/mol. The van der Waals surface area contributed by atoms with Gasteiger partial charge in [-0.1, -0.05) is 12.8 Å². The lowest BCUT2D eigenvalue weighted by atomic mass is 9.86. The van der Waals surface area contributed by atoms with Crippen molar-refractivity contribution in [3.05, 3.63) is 26.6 Å². The van der Waals surface area contributed by atoms with Crippen LogP contribution in [-0.2, 0) is 0 Å². The molecule has 3 rings (SSSR count). The van der Waals surface area contributed by atoms with E-state index in [0.717, 1.165) is 46.5 Å². The van der Waals surface area contributed by atoms with E-state index in [-0.39, 0.29) is 17.7 Å². The number of aliphatic hydroxyl groups is 1. The Morgan fingerprint density at radius 3 is 2.79 bits per heavy atom. The Bertz CT molecular complexity index is 782. The second kappa shape index (κ2) is 6.94. The lowest BCUT2D eigenvalue weighted by Crippen LogP contribution is -2.37. The van der Waals surface area contributed by atoms with Crippen molar-refractivity contribution in [1.82, 2.24) is 14.9 Å². The maximum Gasteiger partial charge on any atom is 0.259 e. The van der Waals surface area contributed by atoms with Crippen LogP contribution in [0, 0.1) is 19.8 Å². The van der Waals surface area contributed by atoms with Crippen molar-refractivity contribution in [3.8, 4) is 0 Å². The van der Waals surface area contributed by atoms with E-state index < -0.39 is 0 Å². The van der Waals surface area contributed by atoms with E-state index >= 15 is 0 Å². The molecule has 3 unspecified atom stereocenters. The van der Waals surface area contributed by atoms with Gasteiger partial charge in [0.15, 0.2) is 0 Å². The lowest BCUT2D eigenvalue weighted by Gasteiger charge is -2.33. The van der Waals surface area contributed by atoms with Crippen molar-refractivity contribution in [2.45, 2.75) is 58.6 Å². The van der Waals surface area contributed by atoms with Gasteiger partial charge in [0.05, 0.1) is 17.5 Å². The van der Waals surface area contributed by atoms with E-state index in [1.165, 1.54) is 6.42 Å². The van der Waals surface area contributed by atoms with E-state index in [1.807, 2.05) is 20.9 Å². The van der Waals surface area contributed by atoms with Crippen molar-refractivity contribution >= 4 is 21.6 Å². The van der Waals surface area contributed by atoms with Crippen molar-refractivity contribution in [2.24, 2.45) is 5.92 Å². The van der Waals surface area contributed by atoms with Gasteiger partial charge in [-0.15, -0.1) is 11.3 Å². The summed E-state index contributed by atoms with van der Waals surface area (Å²) in [6.45, 7) is 6.89. The summed E-state index contributed by atoms with van der Waals surface area (Å²) in [5, 5.41) is 10.9. The van der Waals surface area contributed by atoms with Gasteiger partial charge in [-0.3, -0.25) is 9.69 Å². The molecule has 0 spiro atoms. The Balaban J connectivity index is 1.82. The van der Waals surface area contributed by atoms with E-state index in [0.29, 0.717) is 11.7 Å². The Hall–Kier alpha value is -1.24. The molecular formula is C18H27N3O2S. The SMILES string of the molecule is Cc1sc2nc(C(C)N(C)CC3CCCCC3O)[nH]c(=O)c2c1C. The fourth-order valence-electron chi connectivity index (χ4n) is 3.61. The number of rotatable bonds is 4. The number of hydrogen-bond donors (Lipinski definition) is 2. The Morgan fingerprint density at radius 1 is 1.38 bits per heavy atom. The molecule has 3 atom stereocenters. The number of aryl methyl sites for hydroxylation is 2. The largest absolute Gasteiger partial charge is 0.393 e. The molecule has 0 saturated heterocycles. The smallest absolute Gasteiger partial charge is 0.259 e. The van der Waals surface area contributed by atoms with Crippen molar-refractivity contribution in [1.29, 1.82) is 0 Å². The summed E-state index contributed by atoms with van der Waals surface area (Å²) >= 11 is 1.58. The van der Waals surface area contributed by atoms with Gasteiger partial charge < -0.3 is 10.1 Å². The van der Waals surface area contributed by atoms with Gasteiger partial charge in [0.2, 0.25) is 0 Å². The average Bonchev–Trinajstić information content (AvgIpc) is 2.83. The summed E-state index contributed by atoms with van der Waals surface area (Å²) in [7, 11) is 2.04. The zero-order valence-electron chi connectivity index (χ0n) is 14.9. The fraction of sp³-hybridized carbons (Fsp3) is 0.667. The summed E-state index contributed by atoms with van der Waals surface area (Å²) < 4.78 is 0. The predicted octanol–water partition coefficient (Wildman–Crippen LogP) is 3.15. The van der Waals surface area contributed by atoms with Crippen LogP contribution >= 0.6 is 11.3 Å². The number of nitrogens with one attached hydrogen (secondary N) is 1. The molecule has 1 saturated carbocycles. The van der Waals surface area contributed by atoms with Gasteiger partial charge in [-0.05, 0) is 52.1 Å². The minimum atomic E-state index is -0.203. The number of aromatic nitrogens is 2. The molecule has 24 heavy (non-hydrogen) atoms. The highest BCUT2D eigenvalue weighted by Gasteiger charge is 2.26. The van der Waals surface area contributed by atoms with Crippen LogP contribution in [0.15, 0.2) is 4.79 Å². The molecule has 1 fully saturated rings. The topological polar surface area (TPSA) is 69.2 Å². The second-order valence-electron chi connectivity index (χ2n) is 7.14. The molecule has 2 aromatic rings. The number of nitrogens with zero attached hydrogens (tertiary/aromatic N) is 2. The Labute approximate surface area is 146 Å². The van der Waals surface area contributed by atoms with Crippen LogP contribution in [0.3, 0.4) is 0 Å². The van der Waals surface area contributed by atoms with Gasteiger partial charge in [0, 0.05) is 11.4 Å². The van der Waals surface area contributed by atoms with Crippen LogP contribution in [0.2, 0.25) is 0 Å². The quantitative estimate of drug-likeness (QED) is 0.890. The van der Waals surface area contributed by atoms with E-state index in [2.05, 4.69) is 16.8 Å². The number of aromatic amines is 1. The highest BCUT2D eigenvalue weighted by molar-refractivity contribution is 7.18. The van der Waals surface area contributed by atoms with Gasteiger partial charge in [0.25, 0.3) is 5.56 Å². The molecule has 0 aromatic carbocycles. The lowest BCUT2D eigenvalue weighted by molar-refractivity contribution is 0.0439. The summed E-state index contributed by atoms with van der Waals surface area (Å²) in [5.41, 5.74) is 0.983. The normalized spacial score (nSPS) is 23.1. The van der Waals surface area contributed by atoms with Crippen LogP contribution < -0.4 is 5.56 Å². The highest BCUT2D eigenvalue weighted by Crippen LogP contribution is 2.29. The first-order valence-corrected chi connectivity index (χ1v) is 9.58. The van der Waals surface area contributed by atoms with Crippen LogP contribution in [0.25, 0.3) is 10.2 Å². The van der Waals surface area contributed by atoms with Gasteiger partial charge in [-0.2, -0.15) is 0 Å². The first kappa shape index (κ1) is 17.6. The molecule has 5 nitrogen and oxygen atoms in total. The Kier molecular flexibility index (Phi) is 5.08. The highest BCUT2D eigenvalue weighted by atomic mass is 32.1. The molecule has 1 aliphatic carbocycles. The number of H-pyrrole nitrogens is 1. The minimum absolute atomic E-state index is 0.0129. The molecular weight excluding hydrogens is 322 g/mol. The van der Waals surface area contributed by atoms with Crippen LogP contribution in [0.5, 0.6) is 0 Å². The van der Waals surface area contributed by atoms with Gasteiger partial charge >= 0.3 is 0 Å². The second-order valence-corrected chi connectivity index (χ2v) is 8.35. The molecule has 6 heteroatoms. The average molecular weight is 350 g/mol. The predicted molar refractivity (Wildman–Crippen MR) is 98.7 cm³/mol. The van der Waals surface area contributed by atoms with Gasteiger partial charge in [0.1, 0.15) is 10.7 Å². The minimum Gasteiger partial charge on any atom is -0.393 e. The van der Waals surface area contributed by atoms with E-state index in [4.69, 9.17) is 4.98 Å². The molecule has 2 aromatic heterocycles. The maximum absolute atomic E-state index is 12.5. The number of thiophene rings is 1. The molecule has 132 valence electrons. The summed E-state index contributed by atoms with van der Waals surface area (Å²) in [4.78, 5) is 24.3.